The molecule has 0 saturated heterocycles. The number of aromatic nitrogens is 2. The van der Waals surface area contributed by atoms with Gasteiger partial charge in [0.1, 0.15) is 5.82 Å². The van der Waals surface area contributed by atoms with E-state index >= 15 is 0 Å². The van der Waals surface area contributed by atoms with E-state index in [2.05, 4.69) is 20.9 Å². The Bertz CT molecular complexity index is 998. The van der Waals surface area contributed by atoms with Crippen LogP contribution in [-0.2, 0) is 6.54 Å². The molecule has 0 aliphatic rings. The van der Waals surface area contributed by atoms with Crippen molar-refractivity contribution in [3.8, 4) is 0 Å². The lowest BCUT2D eigenvalue weighted by Crippen LogP contribution is -2.26. The first kappa shape index (κ1) is 14.9. The molecule has 0 unspecified atom stereocenters. The number of hydrogen-bond donors (Lipinski definition) is 1. The standard InChI is InChI=1S/C19H17N3OS/c1-13-21-15-7-3-4-8-16(15)22(13)11-10-20-19(23)18-12-14-6-2-5-9-17(14)24-18/h2-9,12H,10-11H2,1H3,(H,20,23). The number of nitrogens with zero attached hydrogens (tertiary/aromatic N) is 2. The van der Waals surface area contributed by atoms with Crippen LogP contribution >= 0.6 is 11.3 Å². The third-order valence-electron chi connectivity index (χ3n) is 4.12. The Kier molecular flexibility index (Phi) is 3.78. The lowest BCUT2D eigenvalue weighted by Gasteiger charge is -2.08. The summed E-state index contributed by atoms with van der Waals surface area (Å²) in [6.07, 6.45) is 0. The number of carbonyl (C=O) groups excluding carboxylic acids is 1. The van der Waals surface area contributed by atoms with Crippen LogP contribution in [0.15, 0.2) is 54.6 Å². The Morgan fingerprint density at radius 1 is 1.17 bits per heavy atom. The van der Waals surface area contributed by atoms with Crippen molar-refractivity contribution in [1.29, 1.82) is 0 Å². The number of carbonyl (C=O) groups is 1. The number of imidazole rings is 1. The summed E-state index contributed by atoms with van der Waals surface area (Å²) in [4.78, 5) is 17.7. The van der Waals surface area contributed by atoms with E-state index < -0.39 is 0 Å². The van der Waals surface area contributed by atoms with Gasteiger partial charge in [-0.05, 0) is 36.6 Å². The number of nitrogens with one attached hydrogen (secondary N) is 1. The van der Waals surface area contributed by atoms with E-state index in [0.717, 1.165) is 31.8 Å². The summed E-state index contributed by atoms with van der Waals surface area (Å²) in [5.41, 5.74) is 2.09. The summed E-state index contributed by atoms with van der Waals surface area (Å²) >= 11 is 1.53. The maximum absolute atomic E-state index is 12.4. The fourth-order valence-electron chi connectivity index (χ4n) is 2.94. The van der Waals surface area contributed by atoms with Crippen LogP contribution < -0.4 is 5.32 Å². The number of fused-ring (bicyclic) bond motifs is 2. The summed E-state index contributed by atoms with van der Waals surface area (Å²) in [7, 11) is 0. The molecule has 0 saturated carbocycles. The molecular formula is C19H17N3OS. The van der Waals surface area contributed by atoms with Crippen LogP contribution in [0.4, 0.5) is 0 Å². The lowest BCUT2D eigenvalue weighted by atomic mass is 10.2. The van der Waals surface area contributed by atoms with E-state index in [1.54, 1.807) is 0 Å². The van der Waals surface area contributed by atoms with E-state index in [1.807, 2.05) is 55.5 Å². The lowest BCUT2D eigenvalue weighted by molar-refractivity contribution is 0.0956. The second-order valence-corrected chi connectivity index (χ2v) is 6.79. The molecule has 0 radical (unpaired) electrons. The van der Waals surface area contributed by atoms with Gasteiger partial charge in [-0.3, -0.25) is 4.79 Å². The molecule has 1 N–H and O–H groups in total. The summed E-state index contributed by atoms with van der Waals surface area (Å²) in [6.45, 7) is 3.28. The van der Waals surface area contributed by atoms with Crippen molar-refractivity contribution in [2.24, 2.45) is 0 Å². The molecule has 0 atom stereocenters. The molecule has 0 fully saturated rings. The van der Waals surface area contributed by atoms with Crippen molar-refractivity contribution >= 4 is 38.4 Å². The average Bonchev–Trinajstić information content (AvgIpc) is 3.16. The van der Waals surface area contributed by atoms with Crippen molar-refractivity contribution in [3.05, 3.63) is 65.3 Å². The van der Waals surface area contributed by atoms with Crippen LogP contribution in [0.2, 0.25) is 0 Å². The highest BCUT2D eigenvalue weighted by molar-refractivity contribution is 7.20. The first-order valence-corrected chi connectivity index (χ1v) is 8.73. The van der Waals surface area contributed by atoms with Crippen LogP contribution in [0.3, 0.4) is 0 Å². The maximum Gasteiger partial charge on any atom is 0.261 e. The zero-order valence-corrected chi connectivity index (χ0v) is 14.1. The minimum atomic E-state index is -0.0155. The number of para-hydroxylation sites is 2. The Balaban J connectivity index is 1.46. The van der Waals surface area contributed by atoms with Gasteiger partial charge in [0, 0.05) is 17.8 Å². The summed E-state index contributed by atoms with van der Waals surface area (Å²) in [5, 5.41) is 4.13. The van der Waals surface area contributed by atoms with E-state index in [4.69, 9.17) is 0 Å². The van der Waals surface area contributed by atoms with Crippen molar-refractivity contribution in [1.82, 2.24) is 14.9 Å². The van der Waals surface area contributed by atoms with Crippen molar-refractivity contribution < 1.29 is 4.79 Å². The molecule has 2 aromatic carbocycles. The zero-order chi connectivity index (χ0) is 16.5. The number of hydrogen-bond acceptors (Lipinski definition) is 3. The van der Waals surface area contributed by atoms with Gasteiger partial charge in [-0.25, -0.2) is 4.98 Å². The molecular weight excluding hydrogens is 318 g/mol. The Morgan fingerprint density at radius 2 is 1.96 bits per heavy atom. The predicted octanol–water partition coefficient (Wildman–Crippen LogP) is 3.99. The number of amides is 1. The summed E-state index contributed by atoms with van der Waals surface area (Å²) < 4.78 is 3.28. The molecule has 4 aromatic rings. The van der Waals surface area contributed by atoms with Crippen molar-refractivity contribution in [2.45, 2.75) is 13.5 Å². The molecule has 4 nitrogen and oxygen atoms in total. The summed E-state index contributed by atoms with van der Waals surface area (Å²) in [5.74, 6) is 0.950. The first-order chi connectivity index (χ1) is 11.7. The SMILES string of the molecule is Cc1nc2ccccc2n1CCNC(=O)c1cc2ccccc2s1. The predicted molar refractivity (Wildman–Crippen MR) is 98.6 cm³/mol. The second kappa shape index (κ2) is 6.09. The molecule has 0 aliphatic heterocycles. The van der Waals surface area contributed by atoms with Crippen molar-refractivity contribution in [3.63, 3.8) is 0 Å². The second-order valence-electron chi connectivity index (χ2n) is 5.70. The molecule has 120 valence electrons. The fourth-order valence-corrected chi connectivity index (χ4v) is 3.92. The minimum Gasteiger partial charge on any atom is -0.350 e. The molecule has 0 aliphatic carbocycles. The minimum absolute atomic E-state index is 0.0155. The third-order valence-corrected chi connectivity index (χ3v) is 5.23. The van der Waals surface area contributed by atoms with E-state index in [-0.39, 0.29) is 5.91 Å². The van der Waals surface area contributed by atoms with Crippen LogP contribution in [0.25, 0.3) is 21.1 Å². The highest BCUT2D eigenvalue weighted by Crippen LogP contribution is 2.25. The quantitative estimate of drug-likeness (QED) is 0.613. The van der Waals surface area contributed by atoms with Gasteiger partial charge in [0.25, 0.3) is 5.91 Å². The highest BCUT2D eigenvalue weighted by Gasteiger charge is 2.11. The van der Waals surface area contributed by atoms with E-state index in [1.165, 1.54) is 11.3 Å². The monoisotopic (exact) mass is 335 g/mol. The Morgan fingerprint density at radius 3 is 2.83 bits per heavy atom. The molecule has 1 amide bonds. The van der Waals surface area contributed by atoms with Gasteiger partial charge in [0.05, 0.1) is 15.9 Å². The van der Waals surface area contributed by atoms with Crippen LogP contribution in [0.5, 0.6) is 0 Å². The smallest absolute Gasteiger partial charge is 0.261 e. The molecule has 5 heteroatoms. The average molecular weight is 335 g/mol. The largest absolute Gasteiger partial charge is 0.350 e. The van der Waals surface area contributed by atoms with Gasteiger partial charge < -0.3 is 9.88 Å². The molecule has 0 spiro atoms. The molecule has 2 aromatic heterocycles. The molecule has 0 bridgehead atoms. The third kappa shape index (κ3) is 2.67. The number of thiophene rings is 1. The van der Waals surface area contributed by atoms with Gasteiger partial charge in [0.2, 0.25) is 0 Å². The molecule has 24 heavy (non-hydrogen) atoms. The van der Waals surface area contributed by atoms with Crippen LogP contribution in [-0.4, -0.2) is 22.0 Å². The number of rotatable bonds is 4. The Hall–Kier alpha value is -2.66. The highest BCUT2D eigenvalue weighted by atomic mass is 32.1. The number of benzene rings is 2. The molecule has 2 heterocycles. The fraction of sp³-hybridized carbons (Fsp3) is 0.158. The van der Waals surface area contributed by atoms with Gasteiger partial charge in [0.15, 0.2) is 0 Å². The van der Waals surface area contributed by atoms with Crippen LogP contribution in [0.1, 0.15) is 15.5 Å². The van der Waals surface area contributed by atoms with Gasteiger partial charge in [-0.2, -0.15) is 0 Å². The van der Waals surface area contributed by atoms with E-state index in [9.17, 15) is 4.79 Å². The zero-order valence-electron chi connectivity index (χ0n) is 13.3. The van der Waals surface area contributed by atoms with Crippen LogP contribution in [0, 0.1) is 6.92 Å². The maximum atomic E-state index is 12.4. The van der Waals surface area contributed by atoms with E-state index in [0.29, 0.717) is 13.1 Å². The van der Waals surface area contributed by atoms with Gasteiger partial charge in [-0.15, -0.1) is 11.3 Å². The summed E-state index contributed by atoms with van der Waals surface area (Å²) in [6, 6.07) is 18.1. The normalized spacial score (nSPS) is 11.2. The first-order valence-electron chi connectivity index (χ1n) is 7.91. The Labute approximate surface area is 143 Å². The van der Waals surface area contributed by atoms with Gasteiger partial charge >= 0.3 is 0 Å². The topological polar surface area (TPSA) is 46.9 Å². The number of aryl methyl sites for hydroxylation is 1. The molecule has 4 rings (SSSR count). The van der Waals surface area contributed by atoms with Gasteiger partial charge in [-0.1, -0.05) is 30.3 Å². The van der Waals surface area contributed by atoms with Crippen molar-refractivity contribution in [2.75, 3.05) is 6.54 Å².